The van der Waals surface area contributed by atoms with Crippen molar-refractivity contribution in [3.05, 3.63) is 69.8 Å². The van der Waals surface area contributed by atoms with E-state index < -0.39 is 0 Å². The van der Waals surface area contributed by atoms with Crippen molar-refractivity contribution in [3.8, 4) is 0 Å². The average molecular weight is 320 g/mol. The lowest BCUT2D eigenvalue weighted by atomic mass is 10.1. The Morgan fingerprint density at radius 1 is 1.00 bits per heavy atom. The standard InChI is InChI=1S/C16H11Cl2NO2/c17-11-6-4-10(5-7-11)15-14(9-21-16(15)20)19-13-3-1-2-12(18)8-13/h1-8,19H,9H2. The van der Waals surface area contributed by atoms with E-state index in [4.69, 9.17) is 27.9 Å². The van der Waals surface area contributed by atoms with Crippen molar-refractivity contribution in [2.45, 2.75) is 0 Å². The van der Waals surface area contributed by atoms with Crippen LogP contribution in [0.15, 0.2) is 54.2 Å². The topological polar surface area (TPSA) is 38.3 Å². The van der Waals surface area contributed by atoms with Crippen molar-refractivity contribution in [2.24, 2.45) is 0 Å². The first-order valence-corrected chi connectivity index (χ1v) is 7.08. The average Bonchev–Trinajstić information content (AvgIpc) is 2.81. The van der Waals surface area contributed by atoms with Gasteiger partial charge < -0.3 is 10.1 Å². The van der Waals surface area contributed by atoms with Crippen LogP contribution in [0, 0.1) is 0 Å². The molecule has 2 aromatic rings. The molecule has 106 valence electrons. The van der Waals surface area contributed by atoms with Crippen molar-refractivity contribution >= 4 is 40.4 Å². The van der Waals surface area contributed by atoms with Crippen molar-refractivity contribution in [3.63, 3.8) is 0 Å². The minimum atomic E-state index is -0.346. The Hall–Kier alpha value is -1.97. The van der Waals surface area contributed by atoms with Crippen LogP contribution in [0.1, 0.15) is 5.56 Å². The van der Waals surface area contributed by atoms with Crippen LogP contribution in [0.4, 0.5) is 5.69 Å². The maximum atomic E-state index is 11.9. The highest BCUT2D eigenvalue weighted by Crippen LogP contribution is 2.28. The summed E-state index contributed by atoms with van der Waals surface area (Å²) in [5, 5.41) is 4.44. The predicted octanol–water partition coefficient (Wildman–Crippen LogP) is 4.37. The third-order valence-corrected chi connectivity index (χ3v) is 3.59. The third-order valence-electron chi connectivity index (χ3n) is 3.11. The molecule has 21 heavy (non-hydrogen) atoms. The summed E-state index contributed by atoms with van der Waals surface area (Å²) in [6.45, 7) is 0.212. The largest absolute Gasteiger partial charge is 0.456 e. The summed E-state index contributed by atoms with van der Waals surface area (Å²) in [6.07, 6.45) is 0. The Morgan fingerprint density at radius 2 is 1.76 bits per heavy atom. The van der Waals surface area contributed by atoms with Crippen molar-refractivity contribution in [1.82, 2.24) is 0 Å². The summed E-state index contributed by atoms with van der Waals surface area (Å²) in [5.74, 6) is -0.346. The highest BCUT2D eigenvalue weighted by Gasteiger charge is 2.26. The van der Waals surface area contributed by atoms with E-state index in [9.17, 15) is 4.79 Å². The molecule has 1 aliphatic rings. The van der Waals surface area contributed by atoms with Gasteiger partial charge >= 0.3 is 5.97 Å². The molecule has 0 fully saturated rings. The Kier molecular flexibility index (Phi) is 3.86. The SMILES string of the molecule is O=C1OCC(Nc2cccc(Cl)c2)=C1c1ccc(Cl)cc1. The van der Waals surface area contributed by atoms with Gasteiger partial charge in [0, 0.05) is 15.7 Å². The van der Waals surface area contributed by atoms with Gasteiger partial charge in [-0.15, -0.1) is 0 Å². The number of benzene rings is 2. The Morgan fingerprint density at radius 3 is 2.48 bits per heavy atom. The van der Waals surface area contributed by atoms with Crippen LogP contribution in [0.2, 0.25) is 10.0 Å². The predicted molar refractivity (Wildman–Crippen MR) is 84.4 cm³/mol. The minimum Gasteiger partial charge on any atom is -0.456 e. The van der Waals surface area contributed by atoms with Gasteiger partial charge in [-0.05, 0) is 35.9 Å². The number of rotatable bonds is 3. The highest BCUT2D eigenvalue weighted by atomic mass is 35.5. The molecule has 5 heteroatoms. The van der Waals surface area contributed by atoms with Crippen LogP contribution in [0.25, 0.3) is 5.57 Å². The normalized spacial score (nSPS) is 14.3. The summed E-state index contributed by atoms with van der Waals surface area (Å²) in [7, 11) is 0. The van der Waals surface area contributed by atoms with Gasteiger partial charge in [0.25, 0.3) is 0 Å². The van der Waals surface area contributed by atoms with E-state index in [1.54, 1.807) is 36.4 Å². The molecule has 0 atom stereocenters. The molecular formula is C16H11Cl2NO2. The Bertz CT molecular complexity index is 723. The monoisotopic (exact) mass is 319 g/mol. The van der Waals surface area contributed by atoms with E-state index in [1.807, 2.05) is 12.1 Å². The molecule has 1 aliphatic heterocycles. The van der Waals surface area contributed by atoms with Crippen molar-refractivity contribution in [1.29, 1.82) is 0 Å². The lowest BCUT2D eigenvalue weighted by Crippen LogP contribution is -2.03. The van der Waals surface area contributed by atoms with E-state index in [-0.39, 0.29) is 12.6 Å². The lowest BCUT2D eigenvalue weighted by molar-refractivity contribution is -0.134. The fraction of sp³-hybridized carbons (Fsp3) is 0.0625. The number of hydrogen-bond acceptors (Lipinski definition) is 3. The minimum absolute atomic E-state index is 0.212. The van der Waals surface area contributed by atoms with Crippen LogP contribution in [0.5, 0.6) is 0 Å². The number of carbonyl (C=O) groups excluding carboxylic acids is 1. The zero-order valence-corrected chi connectivity index (χ0v) is 12.4. The van der Waals surface area contributed by atoms with E-state index in [0.29, 0.717) is 21.3 Å². The summed E-state index contributed by atoms with van der Waals surface area (Å²) in [4.78, 5) is 11.9. The summed E-state index contributed by atoms with van der Waals surface area (Å²) in [6, 6.07) is 14.4. The maximum Gasteiger partial charge on any atom is 0.341 e. The fourth-order valence-electron chi connectivity index (χ4n) is 2.15. The first-order chi connectivity index (χ1) is 10.1. The highest BCUT2D eigenvalue weighted by molar-refractivity contribution is 6.31. The molecule has 1 heterocycles. The first kappa shape index (κ1) is 14.0. The second kappa shape index (κ2) is 5.80. The Labute approximate surface area is 132 Å². The molecule has 0 bridgehead atoms. The second-order valence-electron chi connectivity index (χ2n) is 4.57. The summed E-state index contributed by atoms with van der Waals surface area (Å²) >= 11 is 11.8. The van der Waals surface area contributed by atoms with Gasteiger partial charge in [0.15, 0.2) is 0 Å². The molecule has 3 nitrogen and oxygen atoms in total. The van der Waals surface area contributed by atoms with Gasteiger partial charge in [0.05, 0.1) is 11.3 Å². The van der Waals surface area contributed by atoms with Gasteiger partial charge in [-0.25, -0.2) is 4.79 Å². The summed E-state index contributed by atoms with van der Waals surface area (Å²) < 4.78 is 5.12. The molecule has 0 saturated heterocycles. The maximum absolute atomic E-state index is 11.9. The molecule has 0 saturated carbocycles. The fourth-order valence-corrected chi connectivity index (χ4v) is 2.47. The van der Waals surface area contributed by atoms with Gasteiger partial charge in [-0.1, -0.05) is 41.4 Å². The number of halogens is 2. The molecule has 0 aromatic heterocycles. The molecule has 2 aromatic carbocycles. The molecule has 0 amide bonds. The van der Waals surface area contributed by atoms with Crippen molar-refractivity contribution in [2.75, 3.05) is 11.9 Å². The molecule has 3 rings (SSSR count). The quantitative estimate of drug-likeness (QED) is 0.853. The smallest absolute Gasteiger partial charge is 0.341 e. The van der Waals surface area contributed by atoms with E-state index in [2.05, 4.69) is 5.32 Å². The molecule has 1 N–H and O–H groups in total. The molecule has 0 unspecified atom stereocenters. The molecule has 0 spiro atoms. The number of esters is 1. The zero-order chi connectivity index (χ0) is 14.8. The lowest BCUT2D eigenvalue weighted by Gasteiger charge is -2.08. The van der Waals surface area contributed by atoms with Crippen molar-refractivity contribution < 1.29 is 9.53 Å². The number of ether oxygens (including phenoxy) is 1. The van der Waals surface area contributed by atoms with Gasteiger partial charge in [0.1, 0.15) is 6.61 Å². The van der Waals surface area contributed by atoms with Gasteiger partial charge in [-0.2, -0.15) is 0 Å². The Balaban J connectivity index is 1.97. The van der Waals surface area contributed by atoms with E-state index >= 15 is 0 Å². The van der Waals surface area contributed by atoms with Gasteiger partial charge in [0.2, 0.25) is 0 Å². The summed E-state index contributed by atoms with van der Waals surface area (Å²) in [5.41, 5.74) is 2.81. The second-order valence-corrected chi connectivity index (χ2v) is 5.44. The number of cyclic esters (lactones) is 1. The molecular weight excluding hydrogens is 309 g/mol. The number of nitrogens with one attached hydrogen (secondary N) is 1. The third kappa shape index (κ3) is 3.04. The number of anilines is 1. The van der Waals surface area contributed by atoms with Crippen LogP contribution >= 0.6 is 23.2 Å². The van der Waals surface area contributed by atoms with Crippen LogP contribution in [-0.2, 0) is 9.53 Å². The molecule has 0 aliphatic carbocycles. The van der Waals surface area contributed by atoms with E-state index in [1.165, 1.54) is 0 Å². The number of hydrogen-bond donors (Lipinski definition) is 1. The first-order valence-electron chi connectivity index (χ1n) is 6.32. The molecule has 0 radical (unpaired) electrons. The van der Waals surface area contributed by atoms with Crippen LogP contribution < -0.4 is 5.32 Å². The van der Waals surface area contributed by atoms with Crippen LogP contribution in [-0.4, -0.2) is 12.6 Å². The van der Waals surface area contributed by atoms with E-state index in [0.717, 1.165) is 11.3 Å². The number of carbonyl (C=O) groups is 1. The zero-order valence-electron chi connectivity index (χ0n) is 10.9. The van der Waals surface area contributed by atoms with Gasteiger partial charge in [-0.3, -0.25) is 0 Å². The van der Waals surface area contributed by atoms with Crippen LogP contribution in [0.3, 0.4) is 0 Å².